The summed E-state index contributed by atoms with van der Waals surface area (Å²) in [6, 6.07) is 14.3. The number of carboxylic acids is 1. The van der Waals surface area contributed by atoms with Gasteiger partial charge in [0.15, 0.2) is 0 Å². The van der Waals surface area contributed by atoms with Gasteiger partial charge in [0, 0.05) is 31.1 Å². The van der Waals surface area contributed by atoms with Gasteiger partial charge in [-0.3, -0.25) is 14.4 Å². The molecule has 136 valence electrons. The number of carbonyl (C=O) groups is 3. The number of aliphatic carboxylic acids is 1. The molecular weight excluding hydrogens is 332 g/mol. The van der Waals surface area contributed by atoms with E-state index >= 15 is 0 Å². The minimum Gasteiger partial charge on any atom is -0.481 e. The van der Waals surface area contributed by atoms with Gasteiger partial charge in [-0.05, 0) is 48.2 Å². The molecule has 0 bridgehead atoms. The molecular formula is C20H22N2O4. The Morgan fingerprint density at radius 3 is 2.27 bits per heavy atom. The zero-order valence-electron chi connectivity index (χ0n) is 14.6. The molecule has 6 heteroatoms. The standard InChI is InChI=1S/C20H22N2O4/c1-21-20(26)16-4-2-3-15(13-16)7-11-18(23)22-17-9-5-14(6-10-17)8-12-19(24)25/h2-6,9-10,13H,7-8,11-12H2,1H3,(H,21,26)(H,22,23)(H,24,25). The lowest BCUT2D eigenvalue weighted by Gasteiger charge is -2.07. The molecule has 0 atom stereocenters. The van der Waals surface area contributed by atoms with Crippen molar-refractivity contribution in [1.82, 2.24) is 5.32 Å². The number of hydrogen-bond acceptors (Lipinski definition) is 3. The number of amides is 2. The molecule has 2 rings (SSSR count). The number of nitrogens with one attached hydrogen (secondary N) is 2. The van der Waals surface area contributed by atoms with Gasteiger partial charge in [-0.1, -0.05) is 24.3 Å². The fourth-order valence-corrected chi connectivity index (χ4v) is 2.50. The lowest BCUT2D eigenvalue weighted by atomic mass is 10.1. The van der Waals surface area contributed by atoms with E-state index in [0.717, 1.165) is 11.1 Å². The van der Waals surface area contributed by atoms with Crippen LogP contribution in [0.5, 0.6) is 0 Å². The Bertz CT molecular complexity index is 785. The fourth-order valence-electron chi connectivity index (χ4n) is 2.50. The molecule has 0 unspecified atom stereocenters. The van der Waals surface area contributed by atoms with Crippen molar-refractivity contribution >= 4 is 23.5 Å². The number of aryl methyl sites for hydroxylation is 2. The van der Waals surface area contributed by atoms with Gasteiger partial charge in [-0.25, -0.2) is 0 Å². The number of benzene rings is 2. The van der Waals surface area contributed by atoms with Crippen LogP contribution in [-0.4, -0.2) is 29.9 Å². The molecule has 0 aliphatic heterocycles. The van der Waals surface area contributed by atoms with Gasteiger partial charge in [0.05, 0.1) is 0 Å². The third kappa shape index (κ3) is 6.05. The molecule has 2 aromatic carbocycles. The molecule has 2 aromatic rings. The first kappa shape index (κ1) is 19.2. The van der Waals surface area contributed by atoms with Crippen LogP contribution < -0.4 is 10.6 Å². The van der Waals surface area contributed by atoms with Crippen molar-refractivity contribution in [2.75, 3.05) is 12.4 Å². The van der Waals surface area contributed by atoms with E-state index in [1.807, 2.05) is 18.2 Å². The zero-order chi connectivity index (χ0) is 18.9. The predicted molar refractivity (Wildman–Crippen MR) is 99.2 cm³/mol. The van der Waals surface area contributed by atoms with Crippen molar-refractivity contribution in [2.24, 2.45) is 0 Å². The Labute approximate surface area is 152 Å². The maximum atomic E-state index is 12.1. The summed E-state index contributed by atoms with van der Waals surface area (Å²) in [4.78, 5) is 34.3. The highest BCUT2D eigenvalue weighted by molar-refractivity contribution is 5.94. The van der Waals surface area contributed by atoms with E-state index in [9.17, 15) is 14.4 Å². The Hall–Kier alpha value is -3.15. The fraction of sp³-hybridized carbons (Fsp3) is 0.250. The average molecular weight is 354 g/mol. The SMILES string of the molecule is CNC(=O)c1cccc(CCC(=O)Nc2ccc(CCC(=O)O)cc2)c1. The lowest BCUT2D eigenvalue weighted by Crippen LogP contribution is -2.18. The Balaban J connectivity index is 1.85. The van der Waals surface area contributed by atoms with Crippen molar-refractivity contribution < 1.29 is 19.5 Å². The summed E-state index contributed by atoms with van der Waals surface area (Å²) in [5, 5.41) is 14.1. The number of carbonyl (C=O) groups excluding carboxylic acids is 2. The molecule has 26 heavy (non-hydrogen) atoms. The van der Waals surface area contributed by atoms with Crippen molar-refractivity contribution in [3.8, 4) is 0 Å². The monoisotopic (exact) mass is 354 g/mol. The minimum atomic E-state index is -0.831. The van der Waals surface area contributed by atoms with E-state index in [2.05, 4.69) is 10.6 Å². The molecule has 0 heterocycles. The molecule has 0 radical (unpaired) electrons. The summed E-state index contributed by atoms with van der Waals surface area (Å²) >= 11 is 0. The highest BCUT2D eigenvalue weighted by Crippen LogP contribution is 2.13. The van der Waals surface area contributed by atoms with Crippen LogP contribution >= 0.6 is 0 Å². The lowest BCUT2D eigenvalue weighted by molar-refractivity contribution is -0.137. The Morgan fingerprint density at radius 2 is 1.62 bits per heavy atom. The van der Waals surface area contributed by atoms with Crippen LogP contribution in [0.3, 0.4) is 0 Å². The second kappa shape index (κ2) is 9.36. The van der Waals surface area contributed by atoms with Gasteiger partial charge in [0.1, 0.15) is 0 Å². The third-order valence-corrected chi connectivity index (χ3v) is 3.92. The average Bonchev–Trinajstić information content (AvgIpc) is 2.65. The largest absolute Gasteiger partial charge is 0.481 e. The van der Waals surface area contributed by atoms with Crippen LogP contribution in [0.15, 0.2) is 48.5 Å². The summed E-state index contributed by atoms with van der Waals surface area (Å²) in [5.74, 6) is -1.10. The summed E-state index contributed by atoms with van der Waals surface area (Å²) < 4.78 is 0. The summed E-state index contributed by atoms with van der Waals surface area (Å²) in [5.41, 5.74) is 3.08. The van der Waals surface area contributed by atoms with Crippen molar-refractivity contribution in [2.45, 2.75) is 25.7 Å². The van der Waals surface area contributed by atoms with Crippen molar-refractivity contribution in [3.05, 3.63) is 65.2 Å². The molecule has 0 aliphatic carbocycles. The van der Waals surface area contributed by atoms with Crippen LogP contribution in [0.1, 0.15) is 34.3 Å². The normalized spacial score (nSPS) is 10.2. The molecule has 3 N–H and O–H groups in total. The number of hydrogen-bond donors (Lipinski definition) is 3. The first-order valence-electron chi connectivity index (χ1n) is 8.39. The van der Waals surface area contributed by atoms with E-state index in [4.69, 9.17) is 5.11 Å². The summed E-state index contributed by atoms with van der Waals surface area (Å²) in [6.07, 6.45) is 1.39. The molecule has 0 spiro atoms. The quantitative estimate of drug-likeness (QED) is 0.679. The number of carboxylic acid groups (broad SMARTS) is 1. The van der Waals surface area contributed by atoms with Crippen molar-refractivity contribution in [1.29, 1.82) is 0 Å². The van der Waals surface area contributed by atoms with Crippen LogP contribution in [-0.2, 0) is 22.4 Å². The molecule has 2 amide bonds. The number of rotatable bonds is 8. The Morgan fingerprint density at radius 1 is 0.923 bits per heavy atom. The Kier molecular flexibility index (Phi) is 6.91. The van der Waals surface area contributed by atoms with Crippen LogP contribution in [0.2, 0.25) is 0 Å². The smallest absolute Gasteiger partial charge is 0.303 e. The maximum absolute atomic E-state index is 12.1. The molecule has 0 aromatic heterocycles. The topological polar surface area (TPSA) is 95.5 Å². The summed E-state index contributed by atoms with van der Waals surface area (Å²) in [7, 11) is 1.58. The van der Waals surface area contributed by atoms with Gasteiger partial charge >= 0.3 is 5.97 Å². The second-order valence-electron chi connectivity index (χ2n) is 5.92. The van der Waals surface area contributed by atoms with Gasteiger partial charge in [-0.2, -0.15) is 0 Å². The van der Waals surface area contributed by atoms with E-state index < -0.39 is 5.97 Å². The van der Waals surface area contributed by atoms with Crippen molar-refractivity contribution in [3.63, 3.8) is 0 Å². The highest BCUT2D eigenvalue weighted by Gasteiger charge is 2.07. The zero-order valence-corrected chi connectivity index (χ0v) is 14.6. The van der Waals surface area contributed by atoms with E-state index in [0.29, 0.717) is 30.5 Å². The van der Waals surface area contributed by atoms with Crippen LogP contribution in [0.4, 0.5) is 5.69 Å². The van der Waals surface area contributed by atoms with Gasteiger partial charge in [-0.15, -0.1) is 0 Å². The molecule has 0 saturated heterocycles. The first-order chi connectivity index (χ1) is 12.5. The van der Waals surface area contributed by atoms with Gasteiger partial charge < -0.3 is 15.7 Å². The molecule has 0 aliphatic rings. The molecule has 0 fully saturated rings. The summed E-state index contributed by atoms with van der Waals surface area (Å²) in [6.45, 7) is 0. The number of anilines is 1. The van der Waals surface area contributed by atoms with E-state index in [1.54, 1.807) is 37.4 Å². The van der Waals surface area contributed by atoms with Crippen LogP contribution in [0.25, 0.3) is 0 Å². The third-order valence-electron chi connectivity index (χ3n) is 3.92. The van der Waals surface area contributed by atoms with Gasteiger partial charge in [0.2, 0.25) is 5.91 Å². The second-order valence-corrected chi connectivity index (χ2v) is 5.92. The first-order valence-corrected chi connectivity index (χ1v) is 8.39. The maximum Gasteiger partial charge on any atom is 0.303 e. The molecule has 6 nitrogen and oxygen atoms in total. The predicted octanol–water partition coefficient (Wildman–Crippen LogP) is 2.63. The van der Waals surface area contributed by atoms with E-state index in [1.165, 1.54) is 0 Å². The molecule has 0 saturated carbocycles. The highest BCUT2D eigenvalue weighted by atomic mass is 16.4. The van der Waals surface area contributed by atoms with Crippen LogP contribution in [0, 0.1) is 0 Å². The van der Waals surface area contributed by atoms with Gasteiger partial charge in [0.25, 0.3) is 5.91 Å². The van der Waals surface area contributed by atoms with E-state index in [-0.39, 0.29) is 18.2 Å². The minimum absolute atomic E-state index is 0.0842.